The van der Waals surface area contributed by atoms with Gasteiger partial charge in [-0.2, -0.15) is 0 Å². The molecule has 0 N–H and O–H groups in total. The smallest absolute Gasteiger partial charge is 0.141 e. The SMILES string of the molecule is O=C(CC1CCCCC1)C1CSc2ccccc21. The molecule has 1 aliphatic heterocycles. The van der Waals surface area contributed by atoms with E-state index >= 15 is 0 Å². The highest BCUT2D eigenvalue weighted by Crippen LogP contribution is 2.41. The van der Waals surface area contributed by atoms with E-state index in [-0.39, 0.29) is 5.92 Å². The van der Waals surface area contributed by atoms with Gasteiger partial charge < -0.3 is 0 Å². The zero-order valence-electron chi connectivity index (χ0n) is 10.7. The maximum absolute atomic E-state index is 12.5. The fourth-order valence-electron chi connectivity index (χ4n) is 3.25. The maximum atomic E-state index is 12.5. The minimum absolute atomic E-state index is 0.174. The average Bonchev–Trinajstić information content (AvgIpc) is 2.84. The lowest BCUT2D eigenvalue weighted by molar-refractivity contribution is -0.121. The molecule has 18 heavy (non-hydrogen) atoms. The highest BCUT2D eigenvalue weighted by molar-refractivity contribution is 7.99. The Morgan fingerprint density at radius 3 is 2.78 bits per heavy atom. The summed E-state index contributed by atoms with van der Waals surface area (Å²) in [5.41, 5.74) is 1.28. The van der Waals surface area contributed by atoms with Crippen molar-refractivity contribution in [2.24, 2.45) is 5.92 Å². The van der Waals surface area contributed by atoms with Gasteiger partial charge in [-0.05, 0) is 17.5 Å². The van der Waals surface area contributed by atoms with Crippen molar-refractivity contribution in [3.63, 3.8) is 0 Å². The Morgan fingerprint density at radius 1 is 1.17 bits per heavy atom. The summed E-state index contributed by atoms with van der Waals surface area (Å²) >= 11 is 1.85. The van der Waals surface area contributed by atoms with Gasteiger partial charge in [0.05, 0.1) is 5.92 Å². The van der Waals surface area contributed by atoms with Crippen molar-refractivity contribution < 1.29 is 4.79 Å². The second-order valence-corrected chi connectivity index (χ2v) is 6.64. The molecule has 1 unspecified atom stereocenters. The summed E-state index contributed by atoms with van der Waals surface area (Å²) < 4.78 is 0. The van der Waals surface area contributed by atoms with E-state index in [1.165, 1.54) is 42.6 Å². The van der Waals surface area contributed by atoms with Crippen LogP contribution in [0.15, 0.2) is 29.2 Å². The predicted molar refractivity (Wildman–Crippen MR) is 76.1 cm³/mol. The van der Waals surface area contributed by atoms with Crippen LogP contribution in [-0.2, 0) is 4.79 Å². The van der Waals surface area contributed by atoms with Gasteiger partial charge in [0, 0.05) is 17.1 Å². The van der Waals surface area contributed by atoms with E-state index in [2.05, 4.69) is 24.3 Å². The quantitative estimate of drug-likeness (QED) is 0.800. The number of thioether (sulfide) groups is 1. The van der Waals surface area contributed by atoms with Crippen LogP contribution in [0.3, 0.4) is 0 Å². The Bertz CT molecular complexity index is 434. The molecule has 0 radical (unpaired) electrons. The molecular weight excluding hydrogens is 240 g/mol. The molecule has 0 spiro atoms. The third kappa shape index (κ3) is 2.49. The first-order valence-electron chi connectivity index (χ1n) is 7.09. The molecule has 0 bridgehead atoms. The summed E-state index contributed by atoms with van der Waals surface area (Å²) in [5.74, 6) is 2.29. The standard InChI is InChI=1S/C16H20OS/c17-15(10-12-6-2-1-3-7-12)14-11-18-16-9-5-4-8-13(14)16/h4-5,8-9,12,14H,1-3,6-7,10-11H2. The molecule has 96 valence electrons. The lowest BCUT2D eigenvalue weighted by Gasteiger charge is -2.22. The molecule has 3 rings (SSSR count). The van der Waals surface area contributed by atoms with E-state index in [0.29, 0.717) is 11.7 Å². The summed E-state index contributed by atoms with van der Waals surface area (Å²) in [6, 6.07) is 8.41. The molecule has 0 aromatic heterocycles. The lowest BCUT2D eigenvalue weighted by atomic mass is 9.82. The number of benzene rings is 1. The first-order chi connectivity index (χ1) is 8.84. The first-order valence-corrected chi connectivity index (χ1v) is 8.07. The summed E-state index contributed by atoms with van der Waals surface area (Å²) in [6.45, 7) is 0. The lowest BCUT2D eigenvalue weighted by Crippen LogP contribution is -2.18. The van der Waals surface area contributed by atoms with Crippen molar-refractivity contribution in [1.29, 1.82) is 0 Å². The van der Waals surface area contributed by atoms with Gasteiger partial charge in [0.25, 0.3) is 0 Å². The van der Waals surface area contributed by atoms with Crippen molar-refractivity contribution >= 4 is 17.5 Å². The van der Waals surface area contributed by atoms with E-state index in [1.54, 1.807) is 0 Å². The largest absolute Gasteiger partial charge is 0.299 e. The second-order valence-electron chi connectivity index (χ2n) is 5.58. The van der Waals surface area contributed by atoms with Gasteiger partial charge in [-0.25, -0.2) is 0 Å². The van der Waals surface area contributed by atoms with Crippen LogP contribution in [0.2, 0.25) is 0 Å². The third-order valence-corrected chi connectivity index (χ3v) is 5.49. The van der Waals surface area contributed by atoms with Crippen LogP contribution in [0.25, 0.3) is 0 Å². The monoisotopic (exact) mass is 260 g/mol. The number of fused-ring (bicyclic) bond motifs is 1. The van der Waals surface area contributed by atoms with Gasteiger partial charge in [0.2, 0.25) is 0 Å². The number of ketones is 1. The second kappa shape index (κ2) is 5.48. The van der Waals surface area contributed by atoms with Gasteiger partial charge in [-0.1, -0.05) is 50.3 Å². The van der Waals surface area contributed by atoms with E-state index < -0.39 is 0 Å². The molecule has 1 aliphatic carbocycles. The normalized spacial score (nSPS) is 23.9. The van der Waals surface area contributed by atoms with Crippen LogP contribution in [-0.4, -0.2) is 11.5 Å². The van der Waals surface area contributed by atoms with Crippen molar-refractivity contribution in [2.45, 2.75) is 49.3 Å². The highest BCUT2D eigenvalue weighted by atomic mass is 32.2. The van der Waals surface area contributed by atoms with Gasteiger partial charge in [-0.15, -0.1) is 11.8 Å². The number of Topliss-reactive ketones (excluding diaryl/α,β-unsaturated/α-hetero) is 1. The van der Waals surface area contributed by atoms with Gasteiger partial charge >= 0.3 is 0 Å². The molecule has 0 saturated heterocycles. The number of hydrogen-bond acceptors (Lipinski definition) is 2. The van der Waals surface area contributed by atoms with Crippen molar-refractivity contribution in [1.82, 2.24) is 0 Å². The first kappa shape index (κ1) is 12.3. The highest BCUT2D eigenvalue weighted by Gasteiger charge is 2.30. The van der Waals surface area contributed by atoms with Crippen LogP contribution < -0.4 is 0 Å². The molecular formula is C16H20OS. The number of rotatable bonds is 3. The summed E-state index contributed by atoms with van der Waals surface area (Å²) in [7, 11) is 0. The van der Waals surface area contributed by atoms with Crippen LogP contribution in [0.5, 0.6) is 0 Å². The van der Waals surface area contributed by atoms with Crippen LogP contribution in [0, 0.1) is 5.92 Å². The fourth-order valence-corrected chi connectivity index (χ4v) is 4.51. The summed E-state index contributed by atoms with van der Waals surface area (Å²) in [6.07, 6.45) is 7.38. The van der Waals surface area contributed by atoms with E-state index in [1.807, 2.05) is 11.8 Å². The Morgan fingerprint density at radius 2 is 1.94 bits per heavy atom. The van der Waals surface area contributed by atoms with Crippen LogP contribution in [0.4, 0.5) is 0 Å². The van der Waals surface area contributed by atoms with Crippen LogP contribution >= 0.6 is 11.8 Å². The minimum Gasteiger partial charge on any atom is -0.299 e. The minimum atomic E-state index is 0.174. The van der Waals surface area contributed by atoms with E-state index in [0.717, 1.165) is 12.2 Å². The Labute approximate surface area is 113 Å². The van der Waals surface area contributed by atoms with Gasteiger partial charge in [0.15, 0.2) is 0 Å². The van der Waals surface area contributed by atoms with E-state index in [9.17, 15) is 4.79 Å². The Balaban J connectivity index is 1.67. The molecule has 1 saturated carbocycles. The number of hydrogen-bond donors (Lipinski definition) is 0. The fraction of sp³-hybridized carbons (Fsp3) is 0.562. The Hall–Kier alpha value is -0.760. The molecule has 0 amide bonds. The Kier molecular flexibility index (Phi) is 3.74. The van der Waals surface area contributed by atoms with Crippen molar-refractivity contribution in [2.75, 3.05) is 5.75 Å². The maximum Gasteiger partial charge on any atom is 0.141 e. The summed E-state index contributed by atoms with van der Waals surface area (Å²) in [4.78, 5) is 13.8. The van der Waals surface area contributed by atoms with Gasteiger partial charge in [-0.3, -0.25) is 4.79 Å². The molecule has 1 heterocycles. The molecule has 1 nitrogen and oxygen atoms in total. The van der Waals surface area contributed by atoms with Gasteiger partial charge in [0.1, 0.15) is 5.78 Å². The average molecular weight is 260 g/mol. The zero-order chi connectivity index (χ0) is 12.4. The van der Waals surface area contributed by atoms with Crippen molar-refractivity contribution in [3.8, 4) is 0 Å². The third-order valence-electron chi connectivity index (χ3n) is 4.30. The molecule has 1 fully saturated rings. The number of carbonyl (C=O) groups excluding carboxylic acids is 1. The molecule has 1 aromatic rings. The van der Waals surface area contributed by atoms with E-state index in [4.69, 9.17) is 0 Å². The molecule has 2 heteroatoms. The van der Waals surface area contributed by atoms with Crippen LogP contribution in [0.1, 0.15) is 50.0 Å². The molecule has 1 aromatic carbocycles. The zero-order valence-corrected chi connectivity index (χ0v) is 11.5. The predicted octanol–water partition coefficient (Wildman–Crippen LogP) is 4.42. The topological polar surface area (TPSA) is 17.1 Å². The number of carbonyl (C=O) groups is 1. The summed E-state index contributed by atoms with van der Waals surface area (Å²) in [5, 5.41) is 0. The molecule has 1 atom stereocenters. The molecule has 2 aliphatic rings. The van der Waals surface area contributed by atoms with Crippen molar-refractivity contribution in [3.05, 3.63) is 29.8 Å².